The van der Waals surface area contributed by atoms with Gasteiger partial charge in [0.25, 0.3) is 6.43 Å². The maximum Gasteiger partial charge on any atom is 0.310 e. The van der Waals surface area contributed by atoms with Crippen molar-refractivity contribution in [1.29, 1.82) is 0 Å². The second-order valence-corrected chi connectivity index (χ2v) is 4.76. The minimum atomic E-state index is -2.68. The van der Waals surface area contributed by atoms with Crippen LogP contribution >= 0.6 is 31.9 Å². The van der Waals surface area contributed by atoms with Crippen LogP contribution < -0.4 is 0 Å². The van der Waals surface area contributed by atoms with Crippen LogP contribution in [-0.4, -0.2) is 17.6 Å². The Hall–Kier alpha value is -0.560. The van der Waals surface area contributed by atoms with Gasteiger partial charge < -0.3 is 4.74 Å². The first-order chi connectivity index (χ1) is 8.49. The van der Waals surface area contributed by atoms with Crippen LogP contribution in [0.4, 0.5) is 8.78 Å². The van der Waals surface area contributed by atoms with E-state index in [1.54, 1.807) is 13.0 Å². The van der Waals surface area contributed by atoms with Crippen LogP contribution in [0.2, 0.25) is 0 Å². The number of rotatable bonds is 5. The molecule has 0 unspecified atom stereocenters. The van der Waals surface area contributed by atoms with Gasteiger partial charge >= 0.3 is 5.97 Å². The molecule has 0 fully saturated rings. The van der Waals surface area contributed by atoms with E-state index in [-0.39, 0.29) is 28.7 Å². The molecule has 100 valence electrons. The van der Waals surface area contributed by atoms with E-state index in [9.17, 15) is 13.6 Å². The summed E-state index contributed by atoms with van der Waals surface area (Å²) >= 11 is 6.20. The molecule has 1 rings (SSSR count). The van der Waals surface area contributed by atoms with Gasteiger partial charge in [0.15, 0.2) is 0 Å². The zero-order valence-electron chi connectivity index (χ0n) is 9.55. The van der Waals surface area contributed by atoms with Crippen LogP contribution in [0.1, 0.15) is 30.2 Å². The number of ether oxygens (including phenoxy) is 1. The van der Waals surface area contributed by atoms with Crippen LogP contribution in [0.25, 0.3) is 0 Å². The normalized spacial score (nSPS) is 10.8. The fourth-order valence-electron chi connectivity index (χ4n) is 1.47. The van der Waals surface area contributed by atoms with Crippen molar-refractivity contribution in [1.82, 2.24) is 4.98 Å². The molecule has 0 atom stereocenters. The second kappa shape index (κ2) is 7.13. The summed E-state index contributed by atoms with van der Waals surface area (Å²) in [4.78, 5) is 15.2. The van der Waals surface area contributed by atoms with Gasteiger partial charge in [0.05, 0.1) is 13.0 Å². The van der Waals surface area contributed by atoms with E-state index in [0.717, 1.165) is 0 Å². The molecule has 0 aromatic carbocycles. The number of esters is 1. The zero-order valence-corrected chi connectivity index (χ0v) is 12.7. The number of carbonyl (C=O) groups excluding carboxylic acids is 1. The van der Waals surface area contributed by atoms with Gasteiger partial charge in [0.2, 0.25) is 0 Å². The van der Waals surface area contributed by atoms with Crippen LogP contribution in [0.3, 0.4) is 0 Å². The zero-order chi connectivity index (χ0) is 13.7. The maximum atomic E-state index is 12.8. The Morgan fingerprint density at radius 3 is 2.72 bits per heavy atom. The minimum absolute atomic E-state index is 0.0460. The highest BCUT2D eigenvalue weighted by atomic mass is 79.9. The van der Waals surface area contributed by atoms with E-state index >= 15 is 0 Å². The lowest BCUT2D eigenvalue weighted by atomic mass is 10.1. The van der Waals surface area contributed by atoms with E-state index in [0.29, 0.717) is 11.1 Å². The summed E-state index contributed by atoms with van der Waals surface area (Å²) in [7, 11) is 0. The minimum Gasteiger partial charge on any atom is -0.466 e. The Bertz CT molecular complexity index is 441. The molecule has 0 N–H and O–H groups in total. The highest BCUT2D eigenvalue weighted by molar-refractivity contribution is 9.10. The summed E-state index contributed by atoms with van der Waals surface area (Å²) in [6, 6.07) is 1.55. The van der Waals surface area contributed by atoms with E-state index in [4.69, 9.17) is 4.74 Å². The first kappa shape index (κ1) is 15.5. The number of pyridine rings is 1. The number of hydrogen-bond acceptors (Lipinski definition) is 3. The van der Waals surface area contributed by atoms with Gasteiger partial charge in [-0.15, -0.1) is 0 Å². The third-order valence-electron chi connectivity index (χ3n) is 2.20. The number of aromatic nitrogens is 1. The van der Waals surface area contributed by atoms with Crippen LogP contribution in [0, 0.1) is 0 Å². The number of hydrogen-bond donors (Lipinski definition) is 0. The van der Waals surface area contributed by atoms with Gasteiger partial charge in [-0.3, -0.25) is 4.79 Å². The Morgan fingerprint density at radius 2 is 2.22 bits per heavy atom. The molecule has 0 aliphatic carbocycles. The Kier molecular flexibility index (Phi) is 6.14. The quantitative estimate of drug-likeness (QED) is 0.439. The fraction of sp³-hybridized carbons (Fsp3) is 0.455. The summed E-state index contributed by atoms with van der Waals surface area (Å²) in [5, 5.41) is 0.210. The lowest BCUT2D eigenvalue weighted by molar-refractivity contribution is -0.142. The molecule has 1 aromatic heterocycles. The molecule has 0 amide bonds. The molecule has 0 saturated heterocycles. The smallest absolute Gasteiger partial charge is 0.310 e. The van der Waals surface area contributed by atoms with Gasteiger partial charge in [-0.25, -0.2) is 13.8 Å². The largest absolute Gasteiger partial charge is 0.466 e. The van der Waals surface area contributed by atoms with E-state index in [1.807, 2.05) is 0 Å². The lowest BCUT2D eigenvalue weighted by Crippen LogP contribution is -2.11. The first-order valence-corrected chi connectivity index (χ1v) is 7.09. The molecule has 0 spiro atoms. The number of halogens is 4. The highest BCUT2D eigenvalue weighted by Crippen LogP contribution is 2.28. The van der Waals surface area contributed by atoms with Gasteiger partial charge in [-0.1, -0.05) is 15.9 Å². The molecule has 0 bridgehead atoms. The predicted octanol–water partition coefficient (Wildman–Crippen LogP) is 3.78. The maximum absolute atomic E-state index is 12.8. The van der Waals surface area contributed by atoms with Crippen molar-refractivity contribution in [2.24, 2.45) is 0 Å². The van der Waals surface area contributed by atoms with Crippen molar-refractivity contribution >= 4 is 37.8 Å². The Balaban J connectivity index is 3.13. The van der Waals surface area contributed by atoms with E-state index in [1.165, 1.54) is 0 Å². The predicted molar refractivity (Wildman–Crippen MR) is 69.9 cm³/mol. The average molecular weight is 387 g/mol. The first-order valence-electron chi connectivity index (χ1n) is 5.17. The molecule has 18 heavy (non-hydrogen) atoms. The Labute approximate surface area is 120 Å². The van der Waals surface area contributed by atoms with Crippen molar-refractivity contribution in [3.8, 4) is 0 Å². The molecule has 0 aliphatic rings. The van der Waals surface area contributed by atoms with Crippen LogP contribution in [0.15, 0.2) is 10.7 Å². The molecule has 0 radical (unpaired) electrons. The molecule has 0 saturated carbocycles. The van der Waals surface area contributed by atoms with E-state index in [2.05, 4.69) is 36.8 Å². The molecular weight excluding hydrogens is 376 g/mol. The molecule has 0 aliphatic heterocycles. The summed E-state index contributed by atoms with van der Waals surface area (Å²) in [5.41, 5.74) is 0.504. The van der Waals surface area contributed by atoms with Crippen molar-refractivity contribution in [2.75, 3.05) is 6.61 Å². The topological polar surface area (TPSA) is 39.2 Å². The van der Waals surface area contributed by atoms with Crippen molar-refractivity contribution in [3.63, 3.8) is 0 Å². The number of alkyl halides is 3. The van der Waals surface area contributed by atoms with Crippen LogP contribution in [0.5, 0.6) is 0 Å². The highest BCUT2D eigenvalue weighted by Gasteiger charge is 2.20. The van der Waals surface area contributed by atoms with Crippen molar-refractivity contribution in [2.45, 2.75) is 25.1 Å². The summed E-state index contributed by atoms with van der Waals surface area (Å²) < 4.78 is 30.8. The second-order valence-electron chi connectivity index (χ2n) is 3.38. The molecular formula is C11H11Br2F2NO2. The van der Waals surface area contributed by atoms with Crippen LogP contribution in [-0.2, 0) is 21.3 Å². The summed E-state index contributed by atoms with van der Waals surface area (Å²) in [6.07, 6.45) is -2.73. The molecule has 1 aromatic rings. The Morgan fingerprint density at radius 1 is 1.56 bits per heavy atom. The SMILES string of the molecule is CCOC(=O)Cc1cc(Br)nc(C(F)F)c1CBr. The fourth-order valence-corrected chi connectivity index (χ4v) is 2.58. The van der Waals surface area contributed by atoms with E-state index < -0.39 is 12.4 Å². The standard InChI is InChI=1S/C11H11Br2F2NO2/c1-2-18-9(17)4-6-3-8(13)16-10(11(14)15)7(6)5-12/h3,11H,2,4-5H2,1H3. The molecule has 3 nitrogen and oxygen atoms in total. The van der Waals surface area contributed by atoms with Gasteiger partial charge in [-0.2, -0.15) is 0 Å². The molecule has 7 heteroatoms. The lowest BCUT2D eigenvalue weighted by Gasteiger charge is -2.12. The number of carbonyl (C=O) groups is 1. The summed E-state index contributed by atoms with van der Waals surface area (Å²) in [6.45, 7) is 1.95. The summed E-state index contributed by atoms with van der Waals surface area (Å²) in [5.74, 6) is -0.446. The van der Waals surface area contributed by atoms with Gasteiger partial charge in [0.1, 0.15) is 10.3 Å². The monoisotopic (exact) mass is 385 g/mol. The average Bonchev–Trinajstić information content (AvgIpc) is 2.28. The van der Waals surface area contributed by atoms with Gasteiger partial charge in [0, 0.05) is 5.33 Å². The van der Waals surface area contributed by atoms with Gasteiger partial charge in [-0.05, 0) is 40.0 Å². The third-order valence-corrected chi connectivity index (χ3v) is 3.16. The molecule has 1 heterocycles. The van der Waals surface area contributed by atoms with Crippen molar-refractivity contribution in [3.05, 3.63) is 27.5 Å². The van der Waals surface area contributed by atoms with Crippen molar-refractivity contribution < 1.29 is 18.3 Å². The number of nitrogens with zero attached hydrogens (tertiary/aromatic N) is 1. The third kappa shape index (κ3) is 3.98.